The maximum atomic E-state index is 5.85. The molecular weight excluding hydrogens is 228 g/mol. The van der Waals surface area contributed by atoms with E-state index in [1.807, 2.05) is 6.92 Å². The molecule has 5 heteroatoms. The number of nitrogens with one attached hydrogen (secondary N) is 1. The van der Waals surface area contributed by atoms with Crippen LogP contribution in [0.1, 0.15) is 19.8 Å². The van der Waals surface area contributed by atoms with Crippen molar-refractivity contribution in [2.75, 3.05) is 40.4 Å². The standard InChI is InChI=1S/C13H26N4O/c1-11(2)9-15-12(14)16-10-13(17(3)4)5-7-18-8-6-13/h1,5-10H2,2-4H3,(H3,14,15,16). The van der Waals surface area contributed by atoms with Crippen LogP contribution in [0.25, 0.3) is 0 Å². The molecule has 0 aliphatic carbocycles. The Kier molecular flexibility index (Phi) is 5.62. The summed E-state index contributed by atoms with van der Waals surface area (Å²) in [5, 5.41) is 3.06. The average Bonchev–Trinajstić information content (AvgIpc) is 2.34. The number of ether oxygens (including phenoxy) is 1. The van der Waals surface area contributed by atoms with Gasteiger partial charge < -0.3 is 20.7 Å². The van der Waals surface area contributed by atoms with Gasteiger partial charge in [-0.25, -0.2) is 0 Å². The molecule has 0 unspecified atom stereocenters. The van der Waals surface area contributed by atoms with Crippen LogP contribution in [0, 0.1) is 0 Å². The molecule has 1 aliphatic rings. The van der Waals surface area contributed by atoms with Crippen molar-refractivity contribution in [1.82, 2.24) is 10.2 Å². The summed E-state index contributed by atoms with van der Waals surface area (Å²) in [6.45, 7) is 8.76. The quantitative estimate of drug-likeness (QED) is 0.428. The Balaban J connectivity index is 2.56. The average molecular weight is 254 g/mol. The van der Waals surface area contributed by atoms with Crippen LogP contribution in [-0.2, 0) is 4.74 Å². The van der Waals surface area contributed by atoms with Gasteiger partial charge in [-0.15, -0.1) is 0 Å². The monoisotopic (exact) mass is 254 g/mol. The van der Waals surface area contributed by atoms with Crippen molar-refractivity contribution in [3.63, 3.8) is 0 Å². The third kappa shape index (κ3) is 4.31. The second kappa shape index (κ2) is 6.75. The van der Waals surface area contributed by atoms with E-state index < -0.39 is 0 Å². The first-order valence-corrected chi connectivity index (χ1v) is 6.40. The molecule has 1 heterocycles. The molecule has 3 N–H and O–H groups in total. The summed E-state index contributed by atoms with van der Waals surface area (Å²) in [5.41, 5.74) is 6.97. The minimum absolute atomic E-state index is 0.0772. The van der Waals surface area contributed by atoms with E-state index in [1.54, 1.807) is 0 Å². The Morgan fingerprint density at radius 3 is 2.56 bits per heavy atom. The largest absolute Gasteiger partial charge is 0.381 e. The summed E-state index contributed by atoms with van der Waals surface area (Å²) < 4.78 is 5.43. The van der Waals surface area contributed by atoms with Gasteiger partial charge in [0.15, 0.2) is 5.96 Å². The molecule has 0 amide bonds. The maximum Gasteiger partial charge on any atom is 0.188 e. The Morgan fingerprint density at radius 2 is 2.06 bits per heavy atom. The third-order valence-electron chi connectivity index (χ3n) is 3.49. The lowest BCUT2D eigenvalue weighted by Gasteiger charge is -2.41. The number of nitrogens with zero attached hydrogens (tertiary/aromatic N) is 2. The highest BCUT2D eigenvalue weighted by atomic mass is 16.5. The van der Waals surface area contributed by atoms with E-state index in [1.165, 1.54) is 0 Å². The minimum atomic E-state index is 0.0772. The van der Waals surface area contributed by atoms with Gasteiger partial charge in [0, 0.05) is 25.3 Å². The number of likely N-dealkylation sites (N-methyl/N-ethyl adjacent to an activating group) is 1. The van der Waals surface area contributed by atoms with Crippen molar-refractivity contribution in [2.24, 2.45) is 10.7 Å². The SMILES string of the molecule is C=C(C)CNC(N)=NCC1(N(C)C)CCOCC1. The van der Waals surface area contributed by atoms with E-state index in [0.717, 1.165) is 31.6 Å². The van der Waals surface area contributed by atoms with Gasteiger partial charge in [0.25, 0.3) is 0 Å². The van der Waals surface area contributed by atoms with Crippen molar-refractivity contribution >= 4 is 5.96 Å². The van der Waals surface area contributed by atoms with Crippen molar-refractivity contribution in [2.45, 2.75) is 25.3 Å². The molecule has 1 aliphatic heterocycles. The summed E-state index contributed by atoms with van der Waals surface area (Å²) in [6, 6.07) is 0. The highest BCUT2D eigenvalue weighted by Crippen LogP contribution is 2.26. The number of guanidine groups is 1. The fourth-order valence-corrected chi connectivity index (χ4v) is 2.03. The summed E-state index contributed by atoms with van der Waals surface area (Å²) in [7, 11) is 4.19. The van der Waals surface area contributed by atoms with Gasteiger partial charge in [-0.05, 0) is 33.9 Å². The van der Waals surface area contributed by atoms with E-state index in [0.29, 0.717) is 19.0 Å². The highest BCUT2D eigenvalue weighted by Gasteiger charge is 2.34. The van der Waals surface area contributed by atoms with Crippen molar-refractivity contribution in [3.8, 4) is 0 Å². The molecule has 1 rings (SSSR count). The fourth-order valence-electron chi connectivity index (χ4n) is 2.03. The molecule has 0 aromatic heterocycles. The molecule has 18 heavy (non-hydrogen) atoms. The van der Waals surface area contributed by atoms with Crippen molar-refractivity contribution in [3.05, 3.63) is 12.2 Å². The lowest BCUT2D eigenvalue weighted by Crippen LogP contribution is -2.51. The first kappa shape index (κ1) is 15.0. The summed E-state index contributed by atoms with van der Waals surface area (Å²) in [5.74, 6) is 0.491. The molecule has 5 nitrogen and oxygen atoms in total. The van der Waals surface area contributed by atoms with Gasteiger partial charge in [0.2, 0.25) is 0 Å². The van der Waals surface area contributed by atoms with Crippen LogP contribution >= 0.6 is 0 Å². The minimum Gasteiger partial charge on any atom is -0.381 e. The molecule has 104 valence electrons. The number of rotatable bonds is 5. The Bertz CT molecular complexity index is 306. The van der Waals surface area contributed by atoms with Crippen LogP contribution < -0.4 is 11.1 Å². The molecule has 0 saturated carbocycles. The van der Waals surface area contributed by atoms with Crippen molar-refractivity contribution < 1.29 is 4.74 Å². The van der Waals surface area contributed by atoms with Crippen LogP contribution in [0.3, 0.4) is 0 Å². The van der Waals surface area contributed by atoms with Gasteiger partial charge in [-0.1, -0.05) is 12.2 Å². The Labute approximate surface area is 110 Å². The van der Waals surface area contributed by atoms with Crippen LogP contribution in [0.15, 0.2) is 17.1 Å². The molecule has 0 radical (unpaired) electrons. The van der Waals surface area contributed by atoms with Crippen LogP contribution in [0.5, 0.6) is 0 Å². The third-order valence-corrected chi connectivity index (χ3v) is 3.49. The normalized spacial score (nSPS) is 19.9. The van der Waals surface area contributed by atoms with Gasteiger partial charge in [0.05, 0.1) is 6.54 Å². The lowest BCUT2D eigenvalue weighted by molar-refractivity contribution is -0.00252. The zero-order valence-corrected chi connectivity index (χ0v) is 11.8. The van der Waals surface area contributed by atoms with E-state index in [9.17, 15) is 0 Å². The number of hydrogen-bond acceptors (Lipinski definition) is 3. The molecule has 0 atom stereocenters. The Hall–Kier alpha value is -1.07. The molecule has 0 spiro atoms. The summed E-state index contributed by atoms with van der Waals surface area (Å²) in [4.78, 5) is 6.70. The van der Waals surface area contributed by atoms with Gasteiger partial charge in [-0.2, -0.15) is 0 Å². The van der Waals surface area contributed by atoms with Gasteiger partial charge >= 0.3 is 0 Å². The lowest BCUT2D eigenvalue weighted by atomic mass is 9.89. The number of nitrogens with two attached hydrogens (primary N) is 1. The summed E-state index contributed by atoms with van der Waals surface area (Å²) >= 11 is 0. The molecule has 1 saturated heterocycles. The van der Waals surface area contributed by atoms with E-state index in [-0.39, 0.29) is 5.54 Å². The molecule has 0 aromatic carbocycles. The first-order chi connectivity index (χ1) is 8.46. The molecule has 0 bridgehead atoms. The van der Waals surface area contributed by atoms with E-state index in [4.69, 9.17) is 10.5 Å². The van der Waals surface area contributed by atoms with Gasteiger partial charge in [-0.3, -0.25) is 4.99 Å². The first-order valence-electron chi connectivity index (χ1n) is 6.40. The fraction of sp³-hybridized carbons (Fsp3) is 0.769. The maximum absolute atomic E-state index is 5.85. The van der Waals surface area contributed by atoms with Crippen molar-refractivity contribution in [1.29, 1.82) is 0 Å². The van der Waals surface area contributed by atoms with Crippen LogP contribution in [0.4, 0.5) is 0 Å². The number of hydrogen-bond donors (Lipinski definition) is 2. The zero-order chi connectivity index (χ0) is 13.6. The number of aliphatic imine (C=N–C) groups is 1. The highest BCUT2D eigenvalue weighted by molar-refractivity contribution is 5.78. The smallest absolute Gasteiger partial charge is 0.188 e. The van der Waals surface area contributed by atoms with Gasteiger partial charge in [0.1, 0.15) is 0 Å². The van der Waals surface area contributed by atoms with Crippen LogP contribution in [0.2, 0.25) is 0 Å². The second-order valence-electron chi connectivity index (χ2n) is 5.24. The van der Waals surface area contributed by atoms with Crippen LogP contribution in [-0.4, -0.2) is 56.8 Å². The predicted molar refractivity (Wildman–Crippen MR) is 75.8 cm³/mol. The predicted octanol–water partition coefficient (Wildman–Crippen LogP) is 0.578. The Morgan fingerprint density at radius 1 is 1.44 bits per heavy atom. The summed E-state index contributed by atoms with van der Waals surface area (Å²) in [6.07, 6.45) is 1.99. The van der Waals surface area contributed by atoms with E-state index >= 15 is 0 Å². The molecular formula is C13H26N4O. The zero-order valence-electron chi connectivity index (χ0n) is 11.8. The topological polar surface area (TPSA) is 62.9 Å². The molecule has 0 aromatic rings. The molecule has 1 fully saturated rings. The second-order valence-corrected chi connectivity index (χ2v) is 5.24. The van der Waals surface area contributed by atoms with E-state index in [2.05, 4.69) is 35.9 Å².